The molecule has 2 amide bonds. The summed E-state index contributed by atoms with van der Waals surface area (Å²) in [4.78, 5) is 48.3. The van der Waals surface area contributed by atoms with Gasteiger partial charge in [0.2, 0.25) is 11.8 Å². The van der Waals surface area contributed by atoms with Gasteiger partial charge in [0.15, 0.2) is 0 Å². The summed E-state index contributed by atoms with van der Waals surface area (Å²) in [6.07, 6.45) is 1.01. The number of nitrogens with zero attached hydrogens (tertiary/aromatic N) is 5. The third-order valence-electron chi connectivity index (χ3n) is 6.54. The maximum Gasteiger partial charge on any atom is 0.347 e. The van der Waals surface area contributed by atoms with E-state index in [9.17, 15) is 14.4 Å². The summed E-state index contributed by atoms with van der Waals surface area (Å²) in [7, 11) is 0. The number of aromatic nitrogens is 2. The zero-order valence-corrected chi connectivity index (χ0v) is 22.1. The lowest BCUT2D eigenvalue weighted by molar-refractivity contribution is -0.132. The zero-order valence-electron chi connectivity index (χ0n) is 21.4. The van der Waals surface area contributed by atoms with E-state index in [1.807, 2.05) is 24.0 Å². The highest BCUT2D eigenvalue weighted by Gasteiger charge is 2.23. The third-order valence-corrected chi connectivity index (χ3v) is 6.78. The highest BCUT2D eigenvalue weighted by atomic mass is 35.5. The van der Waals surface area contributed by atoms with Gasteiger partial charge in [0.05, 0.1) is 5.69 Å². The van der Waals surface area contributed by atoms with Crippen LogP contribution >= 0.6 is 11.6 Å². The summed E-state index contributed by atoms with van der Waals surface area (Å²) in [6, 6.07) is 7.65. The van der Waals surface area contributed by atoms with Crippen molar-refractivity contribution in [2.45, 2.75) is 66.6 Å². The summed E-state index contributed by atoms with van der Waals surface area (Å²) < 4.78 is 1.54. The van der Waals surface area contributed by atoms with Crippen LogP contribution in [0.1, 0.15) is 50.6 Å². The van der Waals surface area contributed by atoms with E-state index in [0.717, 1.165) is 36.5 Å². The molecule has 2 aromatic rings. The summed E-state index contributed by atoms with van der Waals surface area (Å²) in [5, 5.41) is 0.549. The van der Waals surface area contributed by atoms with Gasteiger partial charge in [-0.2, -0.15) is 4.98 Å². The van der Waals surface area contributed by atoms with Gasteiger partial charge in [-0.3, -0.25) is 19.1 Å². The summed E-state index contributed by atoms with van der Waals surface area (Å²) in [5.41, 5.74) is 2.74. The van der Waals surface area contributed by atoms with Crippen LogP contribution in [0, 0.1) is 13.8 Å². The van der Waals surface area contributed by atoms with Gasteiger partial charge in [0, 0.05) is 75.1 Å². The van der Waals surface area contributed by atoms with Crippen LogP contribution in [0.2, 0.25) is 5.02 Å². The second kappa shape index (κ2) is 11.8. The maximum atomic E-state index is 13.4. The smallest absolute Gasteiger partial charge is 0.337 e. The molecule has 0 spiro atoms. The van der Waals surface area contributed by atoms with E-state index in [1.54, 1.807) is 35.4 Å². The van der Waals surface area contributed by atoms with E-state index in [-0.39, 0.29) is 30.5 Å². The Morgan fingerprint density at radius 2 is 1.83 bits per heavy atom. The van der Waals surface area contributed by atoms with Gasteiger partial charge in [-0.15, -0.1) is 0 Å². The summed E-state index contributed by atoms with van der Waals surface area (Å²) in [6.45, 7) is 12.8. The number of fused-ring (bicyclic) bond motifs is 1. The molecule has 0 bridgehead atoms. The quantitative estimate of drug-likeness (QED) is 0.641. The number of hydrogen-bond acceptors (Lipinski definition) is 5. The molecule has 1 aromatic carbocycles. The van der Waals surface area contributed by atoms with Crippen LogP contribution in [0.5, 0.6) is 0 Å². The van der Waals surface area contributed by atoms with Crippen molar-refractivity contribution in [1.82, 2.24) is 19.4 Å². The molecule has 1 aliphatic heterocycles. The lowest BCUT2D eigenvalue weighted by Crippen LogP contribution is -2.41. The molecule has 0 aliphatic carbocycles. The highest BCUT2D eigenvalue weighted by molar-refractivity contribution is 6.31. The Morgan fingerprint density at radius 3 is 2.49 bits per heavy atom. The van der Waals surface area contributed by atoms with Gasteiger partial charge in [0.25, 0.3) is 0 Å². The fourth-order valence-corrected chi connectivity index (χ4v) is 4.75. The molecule has 0 saturated heterocycles. The first-order valence-electron chi connectivity index (χ1n) is 12.2. The summed E-state index contributed by atoms with van der Waals surface area (Å²) >= 11 is 6.30. The Bertz CT molecular complexity index is 1130. The first kappa shape index (κ1) is 26.9. The molecule has 1 aromatic heterocycles. The van der Waals surface area contributed by atoms with Crippen LogP contribution in [0.15, 0.2) is 29.1 Å². The van der Waals surface area contributed by atoms with Gasteiger partial charge in [-0.05, 0) is 57.9 Å². The number of carbonyl (C=O) groups is 2. The fourth-order valence-electron chi connectivity index (χ4n) is 4.59. The Labute approximate surface area is 212 Å². The van der Waals surface area contributed by atoms with Crippen LogP contribution in [0.4, 0.5) is 5.69 Å². The van der Waals surface area contributed by atoms with Crippen molar-refractivity contribution in [1.29, 1.82) is 0 Å². The molecule has 0 saturated carbocycles. The number of benzene rings is 1. The number of rotatable bonds is 4. The Kier molecular flexibility index (Phi) is 9.08. The number of aryl methyl sites for hydroxylation is 2. The zero-order chi connectivity index (χ0) is 25.7. The predicted octanol–water partition coefficient (Wildman–Crippen LogP) is 3.40. The molecular weight excluding hydrogens is 466 g/mol. The molecule has 190 valence electrons. The number of carbonyl (C=O) groups excluding carboxylic acids is 2. The van der Waals surface area contributed by atoms with Crippen LogP contribution < -0.4 is 10.6 Å². The van der Waals surface area contributed by atoms with Gasteiger partial charge in [-0.25, -0.2) is 4.79 Å². The van der Waals surface area contributed by atoms with Crippen LogP contribution in [-0.4, -0.2) is 63.4 Å². The van der Waals surface area contributed by atoms with Crippen molar-refractivity contribution in [2.24, 2.45) is 0 Å². The van der Waals surface area contributed by atoms with Crippen molar-refractivity contribution in [2.75, 3.05) is 31.1 Å². The molecule has 35 heavy (non-hydrogen) atoms. The van der Waals surface area contributed by atoms with Gasteiger partial charge in [0.1, 0.15) is 0 Å². The molecule has 0 atom stereocenters. The average Bonchev–Trinajstić information content (AvgIpc) is 2.80. The molecule has 0 unspecified atom stereocenters. The highest BCUT2D eigenvalue weighted by Crippen LogP contribution is 2.28. The van der Waals surface area contributed by atoms with Crippen molar-refractivity contribution >= 4 is 29.1 Å². The topological polar surface area (TPSA) is 78.8 Å². The van der Waals surface area contributed by atoms with E-state index in [4.69, 9.17) is 11.6 Å². The Morgan fingerprint density at radius 1 is 1.09 bits per heavy atom. The van der Waals surface area contributed by atoms with E-state index in [0.29, 0.717) is 36.4 Å². The minimum atomic E-state index is -0.337. The maximum absolute atomic E-state index is 13.4. The standard InChI is InChI=1S/C26H36ClN5O3/c1-18(2)29-10-6-11-32(21(5)33)24-16-23(27)8-7-22(24)17-30(14-13-29)25(34)9-12-31-20(4)15-19(3)28-26(31)35/h7-8,15-16,18H,6,9-14,17H2,1-5H3. The molecule has 2 heterocycles. The van der Waals surface area contributed by atoms with Crippen LogP contribution in [0.25, 0.3) is 0 Å². The first-order chi connectivity index (χ1) is 16.6. The predicted molar refractivity (Wildman–Crippen MR) is 139 cm³/mol. The van der Waals surface area contributed by atoms with E-state index in [2.05, 4.69) is 23.7 Å². The minimum Gasteiger partial charge on any atom is -0.337 e. The molecule has 9 heteroatoms. The largest absolute Gasteiger partial charge is 0.347 e. The molecule has 1 aliphatic rings. The van der Waals surface area contributed by atoms with Crippen molar-refractivity contribution in [3.05, 3.63) is 56.7 Å². The molecular formula is C26H36ClN5O3. The number of amides is 2. The van der Waals surface area contributed by atoms with E-state index < -0.39 is 0 Å². The molecule has 0 radical (unpaired) electrons. The van der Waals surface area contributed by atoms with E-state index in [1.165, 1.54) is 0 Å². The number of halogens is 1. The van der Waals surface area contributed by atoms with Gasteiger partial charge < -0.3 is 9.80 Å². The lowest BCUT2D eigenvalue weighted by atomic mass is 10.1. The van der Waals surface area contributed by atoms with Gasteiger partial charge >= 0.3 is 5.69 Å². The molecule has 0 fully saturated rings. The fraction of sp³-hybridized carbons (Fsp3) is 0.538. The normalized spacial score (nSPS) is 15.6. The third kappa shape index (κ3) is 6.92. The van der Waals surface area contributed by atoms with E-state index >= 15 is 0 Å². The van der Waals surface area contributed by atoms with Crippen LogP contribution in [0.3, 0.4) is 0 Å². The average molecular weight is 502 g/mol. The number of hydrogen-bond donors (Lipinski definition) is 0. The number of anilines is 1. The lowest BCUT2D eigenvalue weighted by Gasteiger charge is -2.30. The second-order valence-corrected chi connectivity index (χ2v) is 9.90. The molecule has 3 rings (SSSR count). The van der Waals surface area contributed by atoms with Crippen molar-refractivity contribution in [3.63, 3.8) is 0 Å². The first-order valence-corrected chi connectivity index (χ1v) is 12.6. The Hall–Kier alpha value is -2.71. The van der Waals surface area contributed by atoms with Gasteiger partial charge in [-0.1, -0.05) is 17.7 Å². The SMILES string of the molecule is CC(=O)N1CCCN(C(C)C)CCN(C(=O)CCn2c(C)cc(C)nc2=O)Cc2ccc(Cl)cc21. The monoisotopic (exact) mass is 501 g/mol. The second-order valence-electron chi connectivity index (χ2n) is 9.47. The molecule has 8 nitrogen and oxygen atoms in total. The molecule has 0 N–H and O–H groups in total. The van der Waals surface area contributed by atoms with Crippen LogP contribution in [-0.2, 0) is 22.7 Å². The Balaban J connectivity index is 1.91. The van der Waals surface area contributed by atoms with Crippen molar-refractivity contribution < 1.29 is 9.59 Å². The summed E-state index contributed by atoms with van der Waals surface area (Å²) in [5.74, 6) is -0.0986. The minimum absolute atomic E-state index is 0.0462. The van der Waals surface area contributed by atoms with Crippen molar-refractivity contribution in [3.8, 4) is 0 Å².